The van der Waals surface area contributed by atoms with Crippen LogP contribution in [0.2, 0.25) is 0 Å². The first-order valence-electron chi connectivity index (χ1n) is 12.3. The normalized spacial score (nSPS) is 23.5. The molecule has 1 N–H and O–H groups in total. The zero-order valence-electron chi connectivity index (χ0n) is 21.0. The predicted octanol–water partition coefficient (Wildman–Crippen LogP) is 5.85. The van der Waals surface area contributed by atoms with Crippen LogP contribution in [-0.4, -0.2) is 34.1 Å². The van der Waals surface area contributed by atoms with Crippen LogP contribution in [0.1, 0.15) is 55.7 Å². The van der Waals surface area contributed by atoms with Gasteiger partial charge in [0.25, 0.3) is 0 Å². The van der Waals surface area contributed by atoms with Crippen LogP contribution in [0.4, 0.5) is 0 Å². The fraction of sp³-hybridized carbons (Fsp3) is 0.258. The van der Waals surface area contributed by atoms with Crippen molar-refractivity contribution in [2.45, 2.75) is 50.2 Å². The molecule has 0 radical (unpaired) electrons. The molecular weight excluding hydrogens is 466 g/mol. The van der Waals surface area contributed by atoms with Crippen LogP contribution in [0.3, 0.4) is 0 Å². The van der Waals surface area contributed by atoms with Gasteiger partial charge in [-0.3, -0.25) is 0 Å². The lowest BCUT2D eigenvalue weighted by Gasteiger charge is -2.43. The zero-order valence-corrected chi connectivity index (χ0v) is 21.0. The van der Waals surface area contributed by atoms with Gasteiger partial charge in [-0.15, -0.1) is 0 Å². The molecule has 188 valence electrons. The molecule has 1 aliphatic carbocycles. The van der Waals surface area contributed by atoms with Crippen molar-refractivity contribution >= 4 is 17.8 Å². The number of aliphatic hydroxyl groups excluding tert-OH is 1. The number of aliphatic imine (C=N–C) groups is 1. The van der Waals surface area contributed by atoms with E-state index in [1.807, 2.05) is 91.0 Å². The van der Waals surface area contributed by atoms with Crippen molar-refractivity contribution in [3.63, 3.8) is 0 Å². The second kappa shape index (κ2) is 9.36. The summed E-state index contributed by atoms with van der Waals surface area (Å²) in [6, 6.07) is 27.9. The van der Waals surface area contributed by atoms with Crippen LogP contribution in [-0.2, 0) is 19.1 Å². The molecule has 1 aliphatic heterocycles. The van der Waals surface area contributed by atoms with E-state index < -0.39 is 34.9 Å². The number of esters is 2. The van der Waals surface area contributed by atoms with Crippen LogP contribution >= 0.6 is 0 Å². The van der Waals surface area contributed by atoms with Crippen molar-refractivity contribution in [2.75, 3.05) is 0 Å². The molecule has 5 rings (SSSR count). The Kier molecular flexibility index (Phi) is 6.20. The van der Waals surface area contributed by atoms with Gasteiger partial charge in [0.15, 0.2) is 5.54 Å². The Morgan fingerprint density at radius 3 is 2.03 bits per heavy atom. The quantitative estimate of drug-likeness (QED) is 0.459. The zero-order chi connectivity index (χ0) is 26.2. The van der Waals surface area contributed by atoms with E-state index in [0.717, 1.165) is 5.56 Å². The maximum absolute atomic E-state index is 14.1. The third-order valence-corrected chi connectivity index (χ3v) is 6.75. The number of carbonyl (C=O) groups is 2. The highest BCUT2D eigenvalue weighted by Crippen LogP contribution is 2.56. The Hall–Kier alpha value is -4.19. The molecule has 0 saturated carbocycles. The first-order chi connectivity index (χ1) is 17.7. The van der Waals surface area contributed by atoms with Crippen molar-refractivity contribution in [1.82, 2.24) is 0 Å². The number of aliphatic hydroxyl groups is 1. The summed E-state index contributed by atoms with van der Waals surface area (Å²) in [7, 11) is 0. The highest BCUT2D eigenvalue weighted by atomic mass is 16.6. The van der Waals surface area contributed by atoms with Crippen LogP contribution in [0.25, 0.3) is 0 Å². The Morgan fingerprint density at radius 2 is 1.46 bits per heavy atom. The molecule has 6 heteroatoms. The second-order valence-corrected chi connectivity index (χ2v) is 10.4. The van der Waals surface area contributed by atoms with E-state index in [9.17, 15) is 14.7 Å². The van der Waals surface area contributed by atoms with Crippen LogP contribution in [0.5, 0.6) is 0 Å². The fourth-order valence-electron chi connectivity index (χ4n) is 5.25. The molecule has 3 atom stereocenters. The third kappa shape index (κ3) is 4.44. The van der Waals surface area contributed by atoms with Gasteiger partial charge in [-0.25, -0.2) is 14.6 Å². The molecular formula is C31H29NO5. The molecule has 0 unspecified atom stereocenters. The van der Waals surface area contributed by atoms with Crippen LogP contribution in [0, 0.1) is 0 Å². The van der Waals surface area contributed by atoms with Crippen LogP contribution in [0.15, 0.2) is 107 Å². The summed E-state index contributed by atoms with van der Waals surface area (Å²) in [6.45, 7) is 5.29. The summed E-state index contributed by atoms with van der Waals surface area (Å²) in [5.41, 5.74) is -0.179. The molecule has 0 saturated heterocycles. The number of hydrogen-bond acceptors (Lipinski definition) is 6. The Labute approximate surface area is 216 Å². The molecule has 37 heavy (non-hydrogen) atoms. The number of benzene rings is 3. The van der Waals surface area contributed by atoms with Crippen molar-refractivity contribution in [3.05, 3.63) is 119 Å². The van der Waals surface area contributed by atoms with E-state index in [4.69, 9.17) is 14.5 Å². The number of ether oxygens (including phenoxy) is 2. The molecule has 0 amide bonds. The standard InChI is InChI=1S/C31H29NO5/c1-30(2,3)37-28(34)25-24(33)19-23(20-13-7-4-8-14-20)31(26(25)21-15-9-5-10-16-21)29(35)36-27(32-31)22-17-11-6-12-18-22/h4-18,23,26,33H,19H2,1-3H3/t23-,26+,31-/m1/s1. The van der Waals surface area contributed by atoms with Gasteiger partial charge >= 0.3 is 11.9 Å². The first-order valence-corrected chi connectivity index (χ1v) is 12.3. The summed E-state index contributed by atoms with van der Waals surface area (Å²) >= 11 is 0. The van der Waals surface area contributed by atoms with Gasteiger partial charge in [0.05, 0.1) is 11.5 Å². The Bertz CT molecular complexity index is 1370. The minimum Gasteiger partial charge on any atom is -0.512 e. The topological polar surface area (TPSA) is 85.2 Å². The van der Waals surface area contributed by atoms with Crippen LogP contribution < -0.4 is 0 Å². The monoisotopic (exact) mass is 495 g/mol. The van der Waals surface area contributed by atoms with Gasteiger partial charge in [-0.2, -0.15) is 0 Å². The average Bonchev–Trinajstić information content (AvgIpc) is 3.22. The molecule has 1 heterocycles. The molecule has 1 spiro atoms. The maximum atomic E-state index is 14.1. The smallest absolute Gasteiger partial charge is 0.342 e. The molecule has 0 aromatic heterocycles. The number of cyclic esters (lactones) is 1. The van der Waals surface area contributed by atoms with Gasteiger partial charge in [-0.1, -0.05) is 78.9 Å². The molecule has 0 bridgehead atoms. The summed E-state index contributed by atoms with van der Waals surface area (Å²) in [6.07, 6.45) is 0.0303. The minimum atomic E-state index is -1.54. The van der Waals surface area contributed by atoms with E-state index >= 15 is 0 Å². The number of nitrogens with zero attached hydrogens (tertiary/aromatic N) is 1. The van der Waals surface area contributed by atoms with Gasteiger partial charge < -0.3 is 14.6 Å². The van der Waals surface area contributed by atoms with Gasteiger partial charge in [0.2, 0.25) is 5.90 Å². The van der Waals surface area contributed by atoms with Gasteiger partial charge in [0, 0.05) is 17.9 Å². The maximum Gasteiger partial charge on any atom is 0.342 e. The predicted molar refractivity (Wildman–Crippen MR) is 140 cm³/mol. The largest absolute Gasteiger partial charge is 0.512 e. The van der Waals surface area contributed by atoms with Crippen molar-refractivity contribution in [2.24, 2.45) is 4.99 Å². The second-order valence-electron chi connectivity index (χ2n) is 10.4. The number of rotatable bonds is 4. The average molecular weight is 496 g/mol. The van der Waals surface area contributed by atoms with Crippen molar-refractivity contribution < 1.29 is 24.2 Å². The minimum absolute atomic E-state index is 0.0303. The number of hydrogen-bond donors (Lipinski definition) is 1. The van der Waals surface area contributed by atoms with E-state index in [-0.39, 0.29) is 23.7 Å². The SMILES string of the molecule is CC(C)(C)OC(=O)C1=C(O)C[C@H](c2ccccc2)[C@@]2(N=C(c3ccccc3)OC2=O)[C@H]1c1ccccc1. The number of carbonyl (C=O) groups excluding carboxylic acids is 2. The lowest BCUT2D eigenvalue weighted by Crippen LogP contribution is -2.51. The number of allylic oxidation sites excluding steroid dienone is 1. The molecule has 3 aromatic carbocycles. The summed E-state index contributed by atoms with van der Waals surface area (Å²) in [5.74, 6) is -2.69. The third-order valence-electron chi connectivity index (χ3n) is 6.75. The molecule has 0 fully saturated rings. The molecule has 2 aliphatic rings. The van der Waals surface area contributed by atoms with Crippen molar-refractivity contribution in [1.29, 1.82) is 0 Å². The van der Waals surface area contributed by atoms with Gasteiger partial charge in [-0.05, 0) is 44.0 Å². The fourth-order valence-corrected chi connectivity index (χ4v) is 5.25. The van der Waals surface area contributed by atoms with E-state index in [1.54, 1.807) is 20.8 Å². The van der Waals surface area contributed by atoms with E-state index in [0.29, 0.717) is 11.1 Å². The van der Waals surface area contributed by atoms with Crippen molar-refractivity contribution in [3.8, 4) is 0 Å². The Balaban J connectivity index is 1.80. The lowest BCUT2D eigenvalue weighted by atomic mass is 9.61. The van der Waals surface area contributed by atoms with Gasteiger partial charge in [0.1, 0.15) is 11.4 Å². The highest BCUT2D eigenvalue weighted by Gasteiger charge is 2.63. The summed E-state index contributed by atoms with van der Waals surface area (Å²) in [5, 5.41) is 11.4. The Morgan fingerprint density at radius 1 is 0.919 bits per heavy atom. The highest BCUT2D eigenvalue weighted by molar-refractivity contribution is 6.10. The molecule has 6 nitrogen and oxygen atoms in total. The lowest BCUT2D eigenvalue weighted by molar-refractivity contribution is -0.151. The summed E-state index contributed by atoms with van der Waals surface area (Å²) in [4.78, 5) is 32.7. The summed E-state index contributed by atoms with van der Waals surface area (Å²) < 4.78 is 11.6. The molecule has 3 aromatic rings. The van der Waals surface area contributed by atoms with E-state index in [2.05, 4.69) is 0 Å². The van der Waals surface area contributed by atoms with E-state index in [1.165, 1.54) is 0 Å². The first kappa shape index (κ1) is 24.5.